The molecule has 0 aliphatic rings. The topological polar surface area (TPSA) is 99.6 Å². The van der Waals surface area contributed by atoms with Crippen LogP contribution in [-0.2, 0) is 0 Å². The first-order valence-electron chi connectivity index (χ1n) is 6.90. The Morgan fingerprint density at radius 1 is 1.20 bits per heavy atom. The summed E-state index contributed by atoms with van der Waals surface area (Å²) in [6.07, 6.45) is 4.66. The van der Waals surface area contributed by atoms with Crippen molar-refractivity contribution in [1.29, 1.82) is 0 Å². The fourth-order valence-corrected chi connectivity index (χ4v) is 4.52. The lowest BCUT2D eigenvalue weighted by atomic mass is 10.4. The van der Waals surface area contributed by atoms with E-state index < -0.39 is 4.92 Å². The molecule has 0 bridgehead atoms. The lowest BCUT2D eigenvalue weighted by Gasteiger charge is -2.07. The van der Waals surface area contributed by atoms with Crippen LogP contribution in [-0.4, -0.2) is 29.7 Å². The zero-order chi connectivity index (χ0) is 17.2. The summed E-state index contributed by atoms with van der Waals surface area (Å²) in [6, 6.07) is 7.64. The quantitative estimate of drug-likeness (QED) is 0.377. The molecule has 0 aromatic carbocycles. The van der Waals surface area contributed by atoms with Crippen molar-refractivity contribution >= 4 is 39.4 Å². The molecule has 0 unspecified atom stereocenters. The van der Waals surface area contributed by atoms with E-state index in [1.165, 1.54) is 18.0 Å². The molecular formula is C14H8N6O2S3. The Bertz CT molecular complexity index is 1010. The van der Waals surface area contributed by atoms with Crippen LogP contribution in [0.2, 0.25) is 0 Å². The predicted octanol–water partition coefficient (Wildman–Crippen LogP) is 3.91. The van der Waals surface area contributed by atoms with Crippen LogP contribution < -0.4 is 0 Å². The van der Waals surface area contributed by atoms with Crippen molar-refractivity contribution < 1.29 is 4.92 Å². The lowest BCUT2D eigenvalue weighted by Crippen LogP contribution is -1.99. The van der Waals surface area contributed by atoms with E-state index in [9.17, 15) is 10.1 Å². The number of nitrogens with zero attached hydrogens (tertiary/aromatic N) is 6. The SMILES string of the molecule is O=[N+]([O-])c1cnc(Sc2nnc(-c3cccs3)n2-c2cccnc2)s1. The Morgan fingerprint density at radius 3 is 2.80 bits per heavy atom. The molecule has 0 atom stereocenters. The summed E-state index contributed by atoms with van der Waals surface area (Å²) in [4.78, 5) is 19.6. The second kappa shape index (κ2) is 6.70. The van der Waals surface area contributed by atoms with Gasteiger partial charge in [0.2, 0.25) is 5.16 Å². The predicted molar refractivity (Wildman–Crippen MR) is 95.4 cm³/mol. The van der Waals surface area contributed by atoms with Gasteiger partial charge in [-0.3, -0.25) is 19.7 Å². The van der Waals surface area contributed by atoms with Gasteiger partial charge in [-0.25, -0.2) is 4.98 Å². The molecule has 25 heavy (non-hydrogen) atoms. The summed E-state index contributed by atoms with van der Waals surface area (Å²) in [5, 5.41) is 21.9. The van der Waals surface area contributed by atoms with Gasteiger partial charge in [-0.15, -0.1) is 21.5 Å². The van der Waals surface area contributed by atoms with Gasteiger partial charge in [-0.05, 0) is 46.7 Å². The third-order valence-electron chi connectivity index (χ3n) is 3.11. The van der Waals surface area contributed by atoms with E-state index >= 15 is 0 Å². The first-order valence-corrected chi connectivity index (χ1v) is 9.41. The Hall–Kier alpha value is -2.63. The molecule has 0 aliphatic heterocycles. The van der Waals surface area contributed by atoms with Crippen molar-refractivity contribution in [1.82, 2.24) is 24.7 Å². The highest BCUT2D eigenvalue weighted by Crippen LogP contribution is 2.36. The maximum absolute atomic E-state index is 10.8. The summed E-state index contributed by atoms with van der Waals surface area (Å²) in [6.45, 7) is 0. The summed E-state index contributed by atoms with van der Waals surface area (Å²) in [5.74, 6) is 0.691. The third kappa shape index (κ3) is 3.16. The van der Waals surface area contributed by atoms with Crippen LogP contribution >= 0.6 is 34.4 Å². The minimum absolute atomic E-state index is 0.00609. The number of rotatable bonds is 5. The normalized spacial score (nSPS) is 10.9. The average molecular weight is 388 g/mol. The van der Waals surface area contributed by atoms with Gasteiger partial charge >= 0.3 is 5.00 Å². The van der Waals surface area contributed by atoms with Crippen LogP contribution in [0.3, 0.4) is 0 Å². The Labute approximate surface area is 153 Å². The number of hydrogen-bond acceptors (Lipinski definition) is 9. The summed E-state index contributed by atoms with van der Waals surface area (Å²) in [5.41, 5.74) is 0.810. The molecule has 0 saturated heterocycles. The van der Waals surface area contributed by atoms with Crippen molar-refractivity contribution in [2.24, 2.45) is 0 Å². The van der Waals surface area contributed by atoms with Crippen LogP contribution in [0.1, 0.15) is 0 Å². The second-order valence-electron chi connectivity index (χ2n) is 4.65. The fraction of sp³-hybridized carbons (Fsp3) is 0. The number of thiophene rings is 1. The number of hydrogen-bond donors (Lipinski definition) is 0. The van der Waals surface area contributed by atoms with E-state index in [0.717, 1.165) is 21.9 Å². The van der Waals surface area contributed by atoms with Gasteiger partial charge in [0.25, 0.3) is 0 Å². The van der Waals surface area contributed by atoms with Gasteiger partial charge in [0, 0.05) is 6.20 Å². The van der Waals surface area contributed by atoms with Gasteiger partial charge in [-0.1, -0.05) is 6.07 Å². The van der Waals surface area contributed by atoms with Crippen LogP contribution in [0.4, 0.5) is 5.00 Å². The molecule has 0 spiro atoms. The first-order chi connectivity index (χ1) is 12.2. The van der Waals surface area contributed by atoms with E-state index in [0.29, 0.717) is 15.3 Å². The zero-order valence-corrected chi connectivity index (χ0v) is 14.8. The highest BCUT2D eigenvalue weighted by atomic mass is 32.2. The fourth-order valence-electron chi connectivity index (χ4n) is 2.08. The molecule has 124 valence electrons. The van der Waals surface area contributed by atoms with Crippen LogP contribution in [0.25, 0.3) is 16.4 Å². The molecule has 0 aliphatic carbocycles. The lowest BCUT2D eigenvalue weighted by molar-refractivity contribution is -0.380. The molecule has 4 aromatic heterocycles. The van der Waals surface area contributed by atoms with Crippen molar-refractivity contribution in [3.8, 4) is 16.4 Å². The summed E-state index contributed by atoms with van der Waals surface area (Å²) >= 11 is 3.80. The monoisotopic (exact) mass is 388 g/mol. The van der Waals surface area contributed by atoms with E-state index in [1.54, 1.807) is 23.7 Å². The van der Waals surface area contributed by atoms with Gasteiger partial charge in [0.15, 0.2) is 10.2 Å². The van der Waals surface area contributed by atoms with E-state index in [1.807, 2.05) is 34.2 Å². The minimum atomic E-state index is -0.454. The van der Waals surface area contributed by atoms with Crippen molar-refractivity contribution in [3.05, 3.63) is 58.4 Å². The molecular weight excluding hydrogens is 380 g/mol. The Kier molecular flexibility index (Phi) is 4.26. The number of aromatic nitrogens is 5. The van der Waals surface area contributed by atoms with Gasteiger partial charge in [0.05, 0.1) is 21.7 Å². The van der Waals surface area contributed by atoms with E-state index in [-0.39, 0.29) is 5.00 Å². The largest absolute Gasteiger partial charge is 0.344 e. The van der Waals surface area contributed by atoms with Gasteiger partial charge in [0.1, 0.15) is 6.20 Å². The highest BCUT2D eigenvalue weighted by Gasteiger charge is 2.20. The Balaban J connectivity index is 1.78. The smallest absolute Gasteiger partial charge is 0.267 e. The highest BCUT2D eigenvalue weighted by molar-refractivity contribution is 8.01. The molecule has 8 nitrogen and oxygen atoms in total. The number of nitro groups is 1. The maximum Gasteiger partial charge on any atom is 0.344 e. The van der Waals surface area contributed by atoms with Crippen LogP contribution in [0.5, 0.6) is 0 Å². The van der Waals surface area contributed by atoms with E-state index in [2.05, 4.69) is 20.2 Å². The third-order valence-corrected chi connectivity index (χ3v) is 5.95. The molecule has 4 heterocycles. The standard InChI is InChI=1S/C14H8N6O2S3/c21-20(22)11-8-16-14(24-11)25-13-18-17-12(10-4-2-6-23-10)19(13)9-3-1-5-15-7-9/h1-8H. The van der Waals surface area contributed by atoms with E-state index in [4.69, 9.17) is 0 Å². The molecule has 11 heteroatoms. The molecule has 0 radical (unpaired) electrons. The molecule has 0 amide bonds. The molecule has 0 fully saturated rings. The zero-order valence-electron chi connectivity index (χ0n) is 12.3. The molecule has 0 saturated carbocycles. The van der Waals surface area contributed by atoms with Gasteiger partial charge in [-0.2, -0.15) is 0 Å². The minimum Gasteiger partial charge on any atom is -0.267 e. The van der Waals surface area contributed by atoms with Gasteiger partial charge < -0.3 is 0 Å². The molecule has 0 N–H and O–H groups in total. The van der Waals surface area contributed by atoms with Crippen molar-refractivity contribution in [2.75, 3.05) is 0 Å². The summed E-state index contributed by atoms with van der Waals surface area (Å²) in [7, 11) is 0. The first kappa shape index (κ1) is 15.9. The maximum atomic E-state index is 10.8. The van der Waals surface area contributed by atoms with Crippen molar-refractivity contribution in [2.45, 2.75) is 9.50 Å². The second-order valence-corrected chi connectivity index (χ2v) is 7.82. The van der Waals surface area contributed by atoms with Crippen LogP contribution in [0.15, 0.2) is 57.7 Å². The number of thiazole rings is 1. The Morgan fingerprint density at radius 2 is 2.12 bits per heavy atom. The molecule has 4 rings (SSSR count). The van der Waals surface area contributed by atoms with Crippen molar-refractivity contribution in [3.63, 3.8) is 0 Å². The average Bonchev–Trinajstić information content (AvgIpc) is 3.36. The molecule has 4 aromatic rings. The number of pyridine rings is 1. The summed E-state index contributed by atoms with van der Waals surface area (Å²) < 4.78 is 2.40. The van der Waals surface area contributed by atoms with Crippen LogP contribution in [0, 0.1) is 10.1 Å².